The van der Waals surface area contributed by atoms with Crippen molar-refractivity contribution >= 4 is 5.69 Å². The van der Waals surface area contributed by atoms with Crippen molar-refractivity contribution < 1.29 is 5.11 Å². The van der Waals surface area contributed by atoms with E-state index in [1.165, 1.54) is 16.8 Å². The van der Waals surface area contributed by atoms with E-state index in [1.807, 2.05) is 0 Å². The molecular weight excluding hydrogens is 248 g/mol. The van der Waals surface area contributed by atoms with Gasteiger partial charge in [0.15, 0.2) is 0 Å². The SMILES string of the molecule is CC(C)c1ccc(N2CCC(O)CC2)c(CN(C)C)c1. The van der Waals surface area contributed by atoms with Gasteiger partial charge in [-0.1, -0.05) is 26.0 Å². The summed E-state index contributed by atoms with van der Waals surface area (Å²) < 4.78 is 0. The number of piperidine rings is 1. The molecule has 0 saturated carbocycles. The Bertz CT molecular complexity index is 435. The number of hydrogen-bond acceptors (Lipinski definition) is 3. The largest absolute Gasteiger partial charge is 0.393 e. The third-order valence-corrected chi connectivity index (χ3v) is 4.06. The van der Waals surface area contributed by atoms with Gasteiger partial charge in [0, 0.05) is 25.3 Å². The first-order chi connectivity index (χ1) is 9.47. The minimum Gasteiger partial charge on any atom is -0.393 e. The van der Waals surface area contributed by atoms with Gasteiger partial charge in [-0.3, -0.25) is 0 Å². The van der Waals surface area contributed by atoms with Gasteiger partial charge in [0.1, 0.15) is 0 Å². The molecule has 3 heteroatoms. The van der Waals surface area contributed by atoms with Crippen LogP contribution in [0.2, 0.25) is 0 Å². The summed E-state index contributed by atoms with van der Waals surface area (Å²) in [5, 5.41) is 9.67. The Balaban J connectivity index is 2.26. The van der Waals surface area contributed by atoms with E-state index in [4.69, 9.17) is 0 Å². The van der Waals surface area contributed by atoms with Crippen LogP contribution in [0.25, 0.3) is 0 Å². The van der Waals surface area contributed by atoms with Gasteiger partial charge >= 0.3 is 0 Å². The van der Waals surface area contributed by atoms with Crippen LogP contribution in [-0.2, 0) is 6.54 Å². The highest BCUT2D eigenvalue weighted by Crippen LogP contribution is 2.28. The fourth-order valence-electron chi connectivity index (χ4n) is 2.85. The van der Waals surface area contributed by atoms with E-state index in [2.05, 4.69) is 55.9 Å². The Hall–Kier alpha value is -1.06. The molecule has 1 saturated heterocycles. The van der Waals surface area contributed by atoms with Crippen molar-refractivity contribution in [2.45, 2.75) is 45.3 Å². The molecule has 0 aromatic heterocycles. The third kappa shape index (κ3) is 3.74. The van der Waals surface area contributed by atoms with Crippen molar-refractivity contribution in [1.82, 2.24) is 4.90 Å². The molecule has 1 heterocycles. The van der Waals surface area contributed by atoms with Gasteiger partial charge in [-0.25, -0.2) is 0 Å². The monoisotopic (exact) mass is 276 g/mol. The van der Waals surface area contributed by atoms with Crippen LogP contribution in [0.15, 0.2) is 18.2 Å². The van der Waals surface area contributed by atoms with Gasteiger partial charge in [0.05, 0.1) is 6.10 Å². The smallest absolute Gasteiger partial charge is 0.0574 e. The summed E-state index contributed by atoms with van der Waals surface area (Å²) in [5.41, 5.74) is 4.15. The zero-order valence-electron chi connectivity index (χ0n) is 13.3. The predicted molar refractivity (Wildman–Crippen MR) is 85.4 cm³/mol. The third-order valence-electron chi connectivity index (χ3n) is 4.06. The summed E-state index contributed by atoms with van der Waals surface area (Å²) in [4.78, 5) is 4.65. The Morgan fingerprint density at radius 3 is 2.45 bits per heavy atom. The molecule has 2 rings (SSSR count). The van der Waals surface area contributed by atoms with Crippen molar-refractivity contribution in [3.63, 3.8) is 0 Å². The first kappa shape index (κ1) is 15.3. The average Bonchev–Trinajstić information content (AvgIpc) is 2.39. The molecule has 1 aliphatic heterocycles. The van der Waals surface area contributed by atoms with Gasteiger partial charge in [-0.15, -0.1) is 0 Å². The Morgan fingerprint density at radius 1 is 1.25 bits per heavy atom. The maximum absolute atomic E-state index is 9.67. The highest BCUT2D eigenvalue weighted by molar-refractivity contribution is 5.55. The van der Waals surface area contributed by atoms with Crippen molar-refractivity contribution in [1.29, 1.82) is 0 Å². The van der Waals surface area contributed by atoms with Crippen LogP contribution in [0.1, 0.15) is 43.7 Å². The average molecular weight is 276 g/mol. The van der Waals surface area contributed by atoms with Gasteiger partial charge in [-0.05, 0) is 50.0 Å². The Kier molecular flexibility index (Phi) is 5.06. The molecule has 1 fully saturated rings. The fraction of sp³-hybridized carbons (Fsp3) is 0.647. The number of aliphatic hydroxyl groups is 1. The molecule has 112 valence electrons. The molecule has 20 heavy (non-hydrogen) atoms. The highest BCUT2D eigenvalue weighted by atomic mass is 16.3. The number of anilines is 1. The summed E-state index contributed by atoms with van der Waals surface area (Å²) >= 11 is 0. The van der Waals surface area contributed by atoms with Gasteiger partial charge in [0.25, 0.3) is 0 Å². The van der Waals surface area contributed by atoms with Crippen LogP contribution in [0.4, 0.5) is 5.69 Å². The molecule has 1 aromatic carbocycles. The normalized spacial score (nSPS) is 17.2. The molecular formula is C17H28N2O. The van der Waals surface area contributed by atoms with Crippen molar-refractivity contribution in [2.75, 3.05) is 32.1 Å². The first-order valence-electron chi connectivity index (χ1n) is 7.68. The molecule has 0 unspecified atom stereocenters. The molecule has 0 aliphatic carbocycles. The lowest BCUT2D eigenvalue weighted by molar-refractivity contribution is 0.145. The van der Waals surface area contributed by atoms with Gasteiger partial charge in [0.2, 0.25) is 0 Å². The first-order valence-corrected chi connectivity index (χ1v) is 7.68. The number of hydrogen-bond donors (Lipinski definition) is 1. The zero-order valence-corrected chi connectivity index (χ0v) is 13.3. The van der Waals surface area contributed by atoms with E-state index in [0.717, 1.165) is 32.5 Å². The zero-order chi connectivity index (χ0) is 14.7. The summed E-state index contributed by atoms with van der Waals surface area (Å²) in [6.07, 6.45) is 1.65. The molecule has 0 amide bonds. The lowest BCUT2D eigenvalue weighted by Crippen LogP contribution is -2.36. The van der Waals surface area contributed by atoms with Gasteiger partial charge in [-0.2, -0.15) is 0 Å². The van der Waals surface area contributed by atoms with E-state index >= 15 is 0 Å². The Labute approximate surface area is 123 Å². The lowest BCUT2D eigenvalue weighted by Gasteiger charge is -2.33. The standard InChI is InChI=1S/C17H28N2O/c1-13(2)14-5-6-17(15(11-14)12-18(3)4)19-9-7-16(20)8-10-19/h5-6,11,13,16,20H,7-10,12H2,1-4H3. The maximum Gasteiger partial charge on any atom is 0.0574 e. The molecule has 1 aliphatic rings. The van der Waals surface area contributed by atoms with Crippen molar-refractivity contribution in [2.24, 2.45) is 0 Å². The Morgan fingerprint density at radius 2 is 1.90 bits per heavy atom. The van der Waals surface area contributed by atoms with E-state index < -0.39 is 0 Å². The van der Waals surface area contributed by atoms with Crippen LogP contribution in [0.5, 0.6) is 0 Å². The van der Waals surface area contributed by atoms with E-state index in [1.54, 1.807) is 0 Å². The summed E-state index contributed by atoms with van der Waals surface area (Å²) in [5.74, 6) is 0.563. The number of nitrogens with zero attached hydrogens (tertiary/aromatic N) is 2. The van der Waals surface area contributed by atoms with E-state index in [0.29, 0.717) is 5.92 Å². The topological polar surface area (TPSA) is 26.7 Å². The number of aliphatic hydroxyl groups excluding tert-OH is 1. The predicted octanol–water partition coefficient (Wildman–Crippen LogP) is 2.83. The second kappa shape index (κ2) is 6.59. The van der Waals surface area contributed by atoms with Crippen LogP contribution >= 0.6 is 0 Å². The number of benzene rings is 1. The molecule has 1 N–H and O–H groups in total. The lowest BCUT2D eigenvalue weighted by atomic mass is 9.98. The van der Waals surface area contributed by atoms with E-state index in [9.17, 15) is 5.11 Å². The quantitative estimate of drug-likeness (QED) is 0.916. The fourth-order valence-corrected chi connectivity index (χ4v) is 2.85. The summed E-state index contributed by atoms with van der Waals surface area (Å²) in [6, 6.07) is 6.88. The van der Waals surface area contributed by atoms with Crippen molar-refractivity contribution in [3.05, 3.63) is 29.3 Å². The molecule has 1 aromatic rings. The summed E-state index contributed by atoms with van der Waals surface area (Å²) in [7, 11) is 4.23. The maximum atomic E-state index is 9.67. The highest BCUT2D eigenvalue weighted by Gasteiger charge is 2.20. The van der Waals surface area contributed by atoms with E-state index in [-0.39, 0.29) is 6.10 Å². The van der Waals surface area contributed by atoms with Crippen LogP contribution < -0.4 is 4.90 Å². The second-order valence-electron chi connectivity index (χ2n) is 6.50. The minimum absolute atomic E-state index is 0.113. The van der Waals surface area contributed by atoms with Crippen LogP contribution in [0, 0.1) is 0 Å². The van der Waals surface area contributed by atoms with Crippen LogP contribution in [-0.4, -0.2) is 43.3 Å². The minimum atomic E-state index is -0.113. The van der Waals surface area contributed by atoms with Gasteiger partial charge < -0.3 is 14.9 Å². The molecule has 0 radical (unpaired) electrons. The molecule has 3 nitrogen and oxygen atoms in total. The molecule has 0 spiro atoms. The molecule has 0 bridgehead atoms. The molecule has 0 atom stereocenters. The summed E-state index contributed by atoms with van der Waals surface area (Å²) in [6.45, 7) is 7.37. The number of rotatable bonds is 4. The van der Waals surface area contributed by atoms with Crippen LogP contribution in [0.3, 0.4) is 0 Å². The van der Waals surface area contributed by atoms with Crippen molar-refractivity contribution in [3.8, 4) is 0 Å². The second-order valence-corrected chi connectivity index (χ2v) is 6.50.